The molecule has 0 spiro atoms. The fourth-order valence-corrected chi connectivity index (χ4v) is 9.50. The van der Waals surface area contributed by atoms with Gasteiger partial charge in [0, 0.05) is 0 Å². The van der Waals surface area contributed by atoms with E-state index < -0.39 is 12.2 Å². The Hall–Kier alpha value is -2.62. The summed E-state index contributed by atoms with van der Waals surface area (Å²) in [5.74, 6) is 3.06. The van der Waals surface area contributed by atoms with Crippen molar-refractivity contribution in [3.05, 3.63) is 70.8 Å². The minimum Gasteiger partial charge on any atom is -0.455 e. The highest BCUT2D eigenvalue weighted by Gasteiger charge is 2.24. The molecule has 0 bridgehead atoms. The van der Waals surface area contributed by atoms with E-state index in [0.717, 1.165) is 36.5 Å². The molecule has 0 radical (unpaired) electrons. The molecule has 2 saturated carbocycles. The van der Waals surface area contributed by atoms with Crippen molar-refractivity contribution in [1.29, 1.82) is 0 Å². The van der Waals surface area contributed by atoms with E-state index in [4.69, 9.17) is 9.47 Å². The molecule has 0 amide bonds. The zero-order valence-electron chi connectivity index (χ0n) is 36.5. The van der Waals surface area contributed by atoms with E-state index in [0.29, 0.717) is 11.1 Å². The second kappa shape index (κ2) is 27.1. The summed E-state index contributed by atoms with van der Waals surface area (Å²) >= 11 is 0. The number of rotatable bonds is 27. The van der Waals surface area contributed by atoms with Gasteiger partial charge in [0.05, 0.1) is 11.1 Å². The van der Waals surface area contributed by atoms with Crippen molar-refractivity contribution in [2.75, 3.05) is 0 Å². The van der Waals surface area contributed by atoms with Gasteiger partial charge in [-0.15, -0.1) is 0 Å². The van der Waals surface area contributed by atoms with Crippen molar-refractivity contribution >= 4 is 11.9 Å². The minimum absolute atomic E-state index is 0.381. The Bertz CT molecular complexity index is 1210. The van der Waals surface area contributed by atoms with Crippen LogP contribution in [0.5, 0.6) is 0 Å². The Kier molecular flexibility index (Phi) is 22.3. The molecule has 2 aromatic carbocycles. The largest absolute Gasteiger partial charge is 0.455 e. The molecule has 2 aliphatic carbocycles. The SMILES string of the molecule is CCCCCCCC1CCC(CCCCc2ccc(C(=O)O[C@H](C)[C@@H](C)OC(=O)c3ccc(CCCCC4CCC(CCCCCCC)CC4)cc3)cc2)CC1. The summed E-state index contributed by atoms with van der Waals surface area (Å²) in [6.07, 6.45) is 37.2. The lowest BCUT2D eigenvalue weighted by Crippen LogP contribution is -2.30. The number of carbonyl (C=O) groups is 2. The third-order valence-electron chi connectivity index (χ3n) is 13.6. The molecule has 0 unspecified atom stereocenters. The lowest BCUT2D eigenvalue weighted by molar-refractivity contribution is -0.0239. The maximum atomic E-state index is 12.9. The molecule has 0 N–H and O–H groups in total. The van der Waals surface area contributed by atoms with Crippen molar-refractivity contribution in [1.82, 2.24) is 0 Å². The molecular weight excluding hydrogens is 689 g/mol. The van der Waals surface area contributed by atoms with Crippen molar-refractivity contribution in [2.24, 2.45) is 23.7 Å². The number of hydrogen-bond acceptors (Lipinski definition) is 4. The highest BCUT2D eigenvalue weighted by Crippen LogP contribution is 2.36. The van der Waals surface area contributed by atoms with E-state index in [2.05, 4.69) is 38.1 Å². The average Bonchev–Trinajstić information content (AvgIpc) is 3.22. The van der Waals surface area contributed by atoms with Gasteiger partial charge in [-0.2, -0.15) is 0 Å². The van der Waals surface area contributed by atoms with E-state index in [1.807, 2.05) is 24.3 Å². The molecule has 4 heteroatoms. The standard InChI is InChI=1S/C52H82O4/c1-5-7-9-11-13-19-43-25-29-45(30-26-43)21-15-17-23-47-33-37-49(38-34-47)51(53)55-41(3)42(4)56-52(54)50-39-35-48(36-40-50)24-18-16-22-46-31-27-44(28-32-46)20-14-12-10-8-6-2/h33-46H,5-32H2,1-4H3/t41-,42-,43?,44?,45?,46?/m1/s1. The predicted octanol–water partition coefficient (Wildman–Crippen LogP) is 15.2. The second-order valence-corrected chi connectivity index (χ2v) is 18.3. The number of unbranched alkanes of at least 4 members (excludes halogenated alkanes) is 10. The lowest BCUT2D eigenvalue weighted by atomic mass is 9.78. The molecule has 0 saturated heterocycles. The van der Waals surface area contributed by atoms with E-state index in [1.54, 1.807) is 13.8 Å². The van der Waals surface area contributed by atoms with Gasteiger partial charge in [0.15, 0.2) is 0 Å². The van der Waals surface area contributed by atoms with Crippen LogP contribution in [0.2, 0.25) is 0 Å². The summed E-state index contributed by atoms with van der Waals surface area (Å²) < 4.78 is 11.4. The topological polar surface area (TPSA) is 52.6 Å². The van der Waals surface area contributed by atoms with Crippen LogP contribution < -0.4 is 0 Å². The molecule has 56 heavy (non-hydrogen) atoms. The smallest absolute Gasteiger partial charge is 0.338 e. The fraction of sp³-hybridized carbons (Fsp3) is 0.731. The third kappa shape index (κ3) is 17.9. The van der Waals surface area contributed by atoms with Crippen LogP contribution in [-0.4, -0.2) is 24.1 Å². The summed E-state index contributed by atoms with van der Waals surface area (Å²) in [6.45, 7) is 8.16. The van der Waals surface area contributed by atoms with E-state index in [1.165, 1.54) is 178 Å². The van der Waals surface area contributed by atoms with Crippen LogP contribution in [0, 0.1) is 23.7 Å². The van der Waals surface area contributed by atoms with Crippen LogP contribution in [-0.2, 0) is 22.3 Å². The summed E-state index contributed by atoms with van der Waals surface area (Å²) in [5, 5.41) is 0. The van der Waals surface area contributed by atoms with Crippen molar-refractivity contribution in [3.63, 3.8) is 0 Å². The van der Waals surface area contributed by atoms with Gasteiger partial charge in [-0.3, -0.25) is 0 Å². The Morgan fingerprint density at radius 1 is 0.446 bits per heavy atom. The molecule has 2 fully saturated rings. The van der Waals surface area contributed by atoms with E-state index >= 15 is 0 Å². The number of hydrogen-bond donors (Lipinski definition) is 0. The molecule has 2 aromatic rings. The quantitative estimate of drug-likeness (QED) is 0.0670. The second-order valence-electron chi connectivity index (χ2n) is 18.3. The molecule has 314 valence electrons. The van der Waals surface area contributed by atoms with Gasteiger partial charge in [-0.1, -0.05) is 192 Å². The first kappa shape index (κ1) is 46.1. The van der Waals surface area contributed by atoms with Crippen molar-refractivity contribution in [3.8, 4) is 0 Å². The first-order chi connectivity index (χ1) is 27.3. The molecule has 0 heterocycles. The molecule has 2 aliphatic rings. The van der Waals surface area contributed by atoms with Gasteiger partial charge < -0.3 is 9.47 Å². The monoisotopic (exact) mass is 771 g/mol. The molecule has 0 aliphatic heterocycles. The van der Waals surface area contributed by atoms with E-state index in [9.17, 15) is 9.59 Å². The van der Waals surface area contributed by atoms with Gasteiger partial charge >= 0.3 is 11.9 Å². The molecule has 0 aromatic heterocycles. The molecular formula is C52H82O4. The number of aryl methyl sites for hydroxylation is 2. The van der Waals surface area contributed by atoms with Crippen LogP contribution >= 0.6 is 0 Å². The van der Waals surface area contributed by atoms with Crippen LogP contribution in [0.25, 0.3) is 0 Å². The van der Waals surface area contributed by atoms with Gasteiger partial charge in [0.2, 0.25) is 0 Å². The number of esters is 2. The first-order valence-corrected chi connectivity index (χ1v) is 23.9. The van der Waals surface area contributed by atoms with Crippen LogP contribution in [0.15, 0.2) is 48.5 Å². The maximum Gasteiger partial charge on any atom is 0.338 e. The third-order valence-corrected chi connectivity index (χ3v) is 13.6. The Morgan fingerprint density at radius 2 is 0.732 bits per heavy atom. The summed E-state index contributed by atoms with van der Waals surface area (Å²) in [6, 6.07) is 15.7. The highest BCUT2D eigenvalue weighted by molar-refractivity contribution is 5.90. The fourth-order valence-electron chi connectivity index (χ4n) is 9.50. The van der Waals surface area contributed by atoms with Crippen LogP contribution in [0.3, 0.4) is 0 Å². The van der Waals surface area contributed by atoms with Gasteiger partial charge in [-0.05, 0) is 98.6 Å². The Labute approximate surface area is 344 Å². The zero-order valence-corrected chi connectivity index (χ0v) is 36.5. The number of benzene rings is 2. The van der Waals surface area contributed by atoms with Crippen LogP contribution in [0.1, 0.15) is 226 Å². The highest BCUT2D eigenvalue weighted by atomic mass is 16.6. The predicted molar refractivity (Wildman–Crippen MR) is 235 cm³/mol. The zero-order chi connectivity index (χ0) is 39.8. The summed E-state index contributed by atoms with van der Waals surface area (Å²) in [5.41, 5.74) is 3.61. The lowest BCUT2D eigenvalue weighted by Gasteiger charge is -2.28. The van der Waals surface area contributed by atoms with Gasteiger partial charge in [-0.25, -0.2) is 9.59 Å². The Morgan fingerprint density at radius 3 is 1.04 bits per heavy atom. The normalized spacial score (nSPS) is 21.0. The van der Waals surface area contributed by atoms with Gasteiger partial charge in [0.25, 0.3) is 0 Å². The Balaban J connectivity index is 1.04. The average molecular weight is 771 g/mol. The van der Waals surface area contributed by atoms with Crippen molar-refractivity contribution < 1.29 is 19.1 Å². The van der Waals surface area contributed by atoms with Crippen molar-refractivity contribution in [2.45, 2.75) is 220 Å². The molecule has 2 atom stereocenters. The summed E-state index contributed by atoms with van der Waals surface area (Å²) in [4.78, 5) is 25.9. The molecule has 4 nitrogen and oxygen atoms in total. The maximum absolute atomic E-state index is 12.9. The van der Waals surface area contributed by atoms with E-state index in [-0.39, 0.29) is 11.9 Å². The van der Waals surface area contributed by atoms with Gasteiger partial charge in [0.1, 0.15) is 12.2 Å². The molecule has 4 rings (SSSR count). The first-order valence-electron chi connectivity index (χ1n) is 23.9. The van der Waals surface area contributed by atoms with Crippen LogP contribution in [0.4, 0.5) is 0 Å². The minimum atomic E-state index is -0.558. The summed E-state index contributed by atoms with van der Waals surface area (Å²) in [7, 11) is 0. The number of ether oxygens (including phenoxy) is 2. The number of carbonyl (C=O) groups excluding carboxylic acids is 2.